The van der Waals surface area contributed by atoms with Gasteiger partial charge in [0.25, 0.3) is 0 Å². The van der Waals surface area contributed by atoms with Gasteiger partial charge < -0.3 is 5.73 Å². The van der Waals surface area contributed by atoms with Crippen molar-refractivity contribution in [3.63, 3.8) is 0 Å². The van der Waals surface area contributed by atoms with Crippen molar-refractivity contribution in [3.8, 4) is 11.1 Å². The van der Waals surface area contributed by atoms with Crippen LogP contribution in [0, 0.1) is 13.8 Å². The standard InChI is InChI=1S/C16H19N/c1-12-8-13(2)10-16(9-12)15-5-3-4-14(11-15)6-7-17/h3-5,8-11H,6-7,17H2,1-2H3. The lowest BCUT2D eigenvalue weighted by Crippen LogP contribution is -2.02. The van der Waals surface area contributed by atoms with Gasteiger partial charge in [-0.15, -0.1) is 0 Å². The lowest BCUT2D eigenvalue weighted by molar-refractivity contribution is 0.969. The first-order chi connectivity index (χ1) is 8.19. The van der Waals surface area contributed by atoms with Gasteiger partial charge in [-0.25, -0.2) is 0 Å². The third kappa shape index (κ3) is 2.95. The molecule has 0 heterocycles. The molecule has 0 saturated carbocycles. The molecule has 0 radical (unpaired) electrons. The van der Waals surface area contributed by atoms with E-state index in [9.17, 15) is 0 Å². The summed E-state index contributed by atoms with van der Waals surface area (Å²) in [6.07, 6.45) is 0.943. The molecule has 0 aliphatic rings. The van der Waals surface area contributed by atoms with Crippen molar-refractivity contribution in [2.24, 2.45) is 5.73 Å². The van der Waals surface area contributed by atoms with E-state index < -0.39 is 0 Å². The smallest absolute Gasteiger partial charge is 0.00367 e. The number of aryl methyl sites for hydroxylation is 2. The van der Waals surface area contributed by atoms with Crippen LogP contribution in [-0.2, 0) is 6.42 Å². The molecule has 0 aromatic heterocycles. The fourth-order valence-corrected chi connectivity index (χ4v) is 2.21. The SMILES string of the molecule is Cc1cc(C)cc(-c2cccc(CCN)c2)c1. The molecule has 0 bridgehead atoms. The first-order valence-corrected chi connectivity index (χ1v) is 6.07. The summed E-state index contributed by atoms with van der Waals surface area (Å²) in [5.41, 5.74) is 12.1. The molecule has 88 valence electrons. The van der Waals surface area contributed by atoms with E-state index in [0.717, 1.165) is 6.42 Å². The molecule has 0 fully saturated rings. The van der Waals surface area contributed by atoms with Gasteiger partial charge in [0.2, 0.25) is 0 Å². The minimum Gasteiger partial charge on any atom is -0.330 e. The van der Waals surface area contributed by atoms with Crippen LogP contribution in [0.1, 0.15) is 16.7 Å². The largest absolute Gasteiger partial charge is 0.330 e. The van der Waals surface area contributed by atoms with Gasteiger partial charge in [0.05, 0.1) is 0 Å². The van der Waals surface area contributed by atoms with Crippen LogP contribution in [0.2, 0.25) is 0 Å². The van der Waals surface area contributed by atoms with Gasteiger partial charge in [-0.3, -0.25) is 0 Å². The van der Waals surface area contributed by atoms with Crippen LogP contribution in [0.15, 0.2) is 42.5 Å². The van der Waals surface area contributed by atoms with E-state index in [1.165, 1.54) is 27.8 Å². The van der Waals surface area contributed by atoms with Gasteiger partial charge in [-0.05, 0) is 43.5 Å². The van der Waals surface area contributed by atoms with Crippen LogP contribution in [0.5, 0.6) is 0 Å². The molecule has 0 atom stereocenters. The number of benzene rings is 2. The highest BCUT2D eigenvalue weighted by atomic mass is 14.5. The highest BCUT2D eigenvalue weighted by Crippen LogP contribution is 2.23. The first kappa shape index (κ1) is 11.9. The fraction of sp³-hybridized carbons (Fsp3) is 0.250. The zero-order valence-electron chi connectivity index (χ0n) is 10.5. The van der Waals surface area contributed by atoms with Crippen LogP contribution < -0.4 is 5.73 Å². The molecule has 0 amide bonds. The van der Waals surface area contributed by atoms with E-state index in [0.29, 0.717) is 6.54 Å². The van der Waals surface area contributed by atoms with Gasteiger partial charge in [-0.2, -0.15) is 0 Å². The Morgan fingerprint density at radius 2 is 1.59 bits per heavy atom. The van der Waals surface area contributed by atoms with Crippen molar-refractivity contribution in [1.29, 1.82) is 0 Å². The summed E-state index contributed by atoms with van der Waals surface area (Å²) in [4.78, 5) is 0. The molecule has 0 aliphatic heterocycles. The molecule has 0 aliphatic carbocycles. The molecule has 17 heavy (non-hydrogen) atoms. The van der Waals surface area contributed by atoms with E-state index in [-0.39, 0.29) is 0 Å². The van der Waals surface area contributed by atoms with Crippen LogP contribution >= 0.6 is 0 Å². The minimum absolute atomic E-state index is 0.705. The Kier molecular flexibility index (Phi) is 3.60. The summed E-state index contributed by atoms with van der Waals surface area (Å²) in [5.74, 6) is 0. The fourth-order valence-electron chi connectivity index (χ4n) is 2.21. The van der Waals surface area contributed by atoms with Crippen molar-refractivity contribution >= 4 is 0 Å². The second-order valence-corrected chi connectivity index (χ2v) is 4.62. The molecule has 0 unspecified atom stereocenters. The Morgan fingerprint density at radius 1 is 0.882 bits per heavy atom. The molecule has 1 nitrogen and oxygen atoms in total. The quantitative estimate of drug-likeness (QED) is 0.850. The van der Waals surface area contributed by atoms with Crippen LogP contribution in [-0.4, -0.2) is 6.54 Å². The van der Waals surface area contributed by atoms with Gasteiger partial charge in [0.15, 0.2) is 0 Å². The lowest BCUT2D eigenvalue weighted by atomic mass is 9.98. The summed E-state index contributed by atoms with van der Waals surface area (Å²) in [7, 11) is 0. The van der Waals surface area contributed by atoms with E-state index in [1.54, 1.807) is 0 Å². The molecule has 0 spiro atoms. The minimum atomic E-state index is 0.705. The van der Waals surface area contributed by atoms with Gasteiger partial charge in [0, 0.05) is 0 Å². The summed E-state index contributed by atoms with van der Waals surface area (Å²) in [5, 5.41) is 0. The Morgan fingerprint density at radius 3 is 2.24 bits per heavy atom. The predicted molar refractivity (Wildman–Crippen MR) is 74.1 cm³/mol. The maximum Gasteiger partial charge on any atom is -0.00367 e. The maximum atomic E-state index is 5.60. The Bertz CT molecular complexity index is 494. The normalized spacial score (nSPS) is 10.5. The first-order valence-electron chi connectivity index (χ1n) is 6.07. The second-order valence-electron chi connectivity index (χ2n) is 4.62. The zero-order chi connectivity index (χ0) is 12.3. The Labute approximate surface area is 103 Å². The summed E-state index contributed by atoms with van der Waals surface area (Å²) in [6, 6.07) is 15.3. The van der Waals surface area contributed by atoms with Crippen molar-refractivity contribution in [2.45, 2.75) is 20.3 Å². The van der Waals surface area contributed by atoms with E-state index >= 15 is 0 Å². The number of nitrogens with two attached hydrogens (primary N) is 1. The monoisotopic (exact) mass is 225 g/mol. The molecular formula is C16H19N. The average Bonchev–Trinajstić information content (AvgIpc) is 2.28. The van der Waals surface area contributed by atoms with E-state index in [4.69, 9.17) is 5.73 Å². The van der Waals surface area contributed by atoms with Gasteiger partial charge in [-0.1, -0.05) is 53.6 Å². The predicted octanol–water partition coefficient (Wildman–Crippen LogP) is 3.47. The lowest BCUT2D eigenvalue weighted by Gasteiger charge is -2.07. The number of hydrogen-bond donors (Lipinski definition) is 1. The van der Waals surface area contributed by atoms with Crippen molar-refractivity contribution < 1.29 is 0 Å². The molecule has 1 heteroatoms. The highest BCUT2D eigenvalue weighted by molar-refractivity contribution is 5.65. The van der Waals surface area contributed by atoms with Crippen LogP contribution in [0.25, 0.3) is 11.1 Å². The number of rotatable bonds is 3. The molecule has 2 N–H and O–H groups in total. The molecule has 2 aromatic carbocycles. The second kappa shape index (κ2) is 5.15. The van der Waals surface area contributed by atoms with E-state index in [2.05, 4.69) is 56.3 Å². The summed E-state index contributed by atoms with van der Waals surface area (Å²) < 4.78 is 0. The third-order valence-corrected chi connectivity index (χ3v) is 2.92. The van der Waals surface area contributed by atoms with Gasteiger partial charge in [0.1, 0.15) is 0 Å². The topological polar surface area (TPSA) is 26.0 Å². The zero-order valence-corrected chi connectivity index (χ0v) is 10.5. The average molecular weight is 225 g/mol. The summed E-state index contributed by atoms with van der Waals surface area (Å²) >= 11 is 0. The third-order valence-electron chi connectivity index (χ3n) is 2.92. The van der Waals surface area contributed by atoms with Crippen molar-refractivity contribution in [2.75, 3.05) is 6.54 Å². The molecule has 0 saturated heterocycles. The Hall–Kier alpha value is -1.60. The van der Waals surface area contributed by atoms with Gasteiger partial charge >= 0.3 is 0 Å². The van der Waals surface area contributed by atoms with Crippen molar-refractivity contribution in [1.82, 2.24) is 0 Å². The molecule has 2 aromatic rings. The van der Waals surface area contributed by atoms with Crippen molar-refractivity contribution in [3.05, 3.63) is 59.2 Å². The van der Waals surface area contributed by atoms with Crippen LogP contribution in [0.4, 0.5) is 0 Å². The molecular weight excluding hydrogens is 206 g/mol. The van der Waals surface area contributed by atoms with E-state index in [1.807, 2.05) is 0 Å². The summed E-state index contributed by atoms with van der Waals surface area (Å²) in [6.45, 7) is 4.98. The highest BCUT2D eigenvalue weighted by Gasteiger charge is 2.00. The molecule has 2 rings (SSSR count). The van der Waals surface area contributed by atoms with Crippen LogP contribution in [0.3, 0.4) is 0 Å². The number of hydrogen-bond acceptors (Lipinski definition) is 1. The maximum absolute atomic E-state index is 5.60. The Balaban J connectivity index is 2.41.